The molecule has 0 saturated heterocycles. The highest BCUT2D eigenvalue weighted by Crippen LogP contribution is 2.44. The Morgan fingerprint density at radius 2 is 2.00 bits per heavy atom. The van der Waals surface area contributed by atoms with E-state index in [1.165, 1.54) is 10.6 Å². The van der Waals surface area contributed by atoms with E-state index < -0.39 is 0 Å². The molecule has 6 heteroatoms. The molecule has 0 amide bonds. The maximum Gasteiger partial charge on any atom is 0.231 e. The first-order valence-corrected chi connectivity index (χ1v) is 9.12. The minimum Gasteiger partial charge on any atom is -0.454 e. The SMILES string of the molecule is Nc1ccccc1C1c2scnc2CCN1c1ccc2c(c1)OCO2. The molecule has 3 heterocycles. The molecular weight excluding hydrogens is 334 g/mol. The number of nitrogens with zero attached hydrogens (tertiary/aromatic N) is 2. The summed E-state index contributed by atoms with van der Waals surface area (Å²) < 4.78 is 11.0. The Bertz CT molecular complexity index is 940. The van der Waals surface area contributed by atoms with Crippen molar-refractivity contribution in [3.8, 4) is 11.5 Å². The fourth-order valence-corrected chi connectivity index (χ4v) is 4.56. The summed E-state index contributed by atoms with van der Waals surface area (Å²) in [4.78, 5) is 8.20. The van der Waals surface area contributed by atoms with Crippen molar-refractivity contribution in [2.75, 3.05) is 24.0 Å². The summed E-state index contributed by atoms with van der Waals surface area (Å²) in [7, 11) is 0. The molecule has 0 aliphatic carbocycles. The van der Waals surface area contributed by atoms with Gasteiger partial charge in [-0.15, -0.1) is 11.3 Å². The average molecular weight is 351 g/mol. The summed E-state index contributed by atoms with van der Waals surface area (Å²) in [5.74, 6) is 1.60. The summed E-state index contributed by atoms with van der Waals surface area (Å²) in [5.41, 5.74) is 12.5. The molecule has 1 unspecified atom stereocenters. The van der Waals surface area contributed by atoms with Crippen LogP contribution in [0.2, 0.25) is 0 Å². The molecule has 1 atom stereocenters. The second-order valence-corrected chi connectivity index (χ2v) is 7.06. The monoisotopic (exact) mass is 351 g/mol. The Balaban J connectivity index is 1.64. The summed E-state index contributed by atoms with van der Waals surface area (Å²) in [6, 6.07) is 14.3. The van der Waals surface area contributed by atoms with Gasteiger partial charge in [0, 0.05) is 36.0 Å². The summed E-state index contributed by atoms with van der Waals surface area (Å²) in [6.45, 7) is 1.17. The van der Waals surface area contributed by atoms with Crippen LogP contribution in [0.1, 0.15) is 22.2 Å². The lowest BCUT2D eigenvalue weighted by Gasteiger charge is -2.37. The lowest BCUT2D eigenvalue weighted by atomic mass is 9.95. The largest absolute Gasteiger partial charge is 0.454 e. The Hall–Kier alpha value is -2.73. The molecule has 5 nitrogen and oxygen atoms in total. The number of hydrogen-bond donors (Lipinski definition) is 1. The van der Waals surface area contributed by atoms with Crippen LogP contribution < -0.4 is 20.1 Å². The molecule has 0 spiro atoms. The lowest BCUT2D eigenvalue weighted by Crippen LogP contribution is -2.35. The average Bonchev–Trinajstić information content (AvgIpc) is 3.29. The molecule has 5 rings (SSSR count). The lowest BCUT2D eigenvalue weighted by molar-refractivity contribution is 0.174. The van der Waals surface area contributed by atoms with E-state index >= 15 is 0 Å². The van der Waals surface area contributed by atoms with E-state index in [1.54, 1.807) is 11.3 Å². The van der Waals surface area contributed by atoms with Crippen molar-refractivity contribution >= 4 is 22.7 Å². The first kappa shape index (κ1) is 14.6. The predicted molar refractivity (Wildman–Crippen MR) is 98.4 cm³/mol. The molecule has 126 valence electrons. The summed E-state index contributed by atoms with van der Waals surface area (Å²) >= 11 is 1.70. The molecule has 3 aromatic rings. The molecule has 0 radical (unpaired) electrons. The van der Waals surface area contributed by atoms with Gasteiger partial charge >= 0.3 is 0 Å². The van der Waals surface area contributed by atoms with Crippen LogP contribution in [0, 0.1) is 0 Å². The number of hydrogen-bond acceptors (Lipinski definition) is 6. The number of aromatic nitrogens is 1. The minimum atomic E-state index is 0.0674. The third kappa shape index (κ3) is 2.33. The van der Waals surface area contributed by atoms with Gasteiger partial charge in [-0.05, 0) is 18.2 Å². The molecule has 2 aliphatic heterocycles. The molecule has 0 bridgehead atoms. The van der Waals surface area contributed by atoms with E-state index in [2.05, 4.69) is 28.1 Å². The van der Waals surface area contributed by atoms with Gasteiger partial charge in [0.15, 0.2) is 11.5 Å². The number of ether oxygens (including phenoxy) is 2. The van der Waals surface area contributed by atoms with Crippen LogP contribution in [-0.2, 0) is 6.42 Å². The Labute approximate surface area is 149 Å². The number of rotatable bonds is 2. The number of nitrogens with two attached hydrogens (primary N) is 1. The van der Waals surface area contributed by atoms with Crippen LogP contribution in [0.5, 0.6) is 11.5 Å². The number of nitrogen functional groups attached to an aromatic ring is 1. The van der Waals surface area contributed by atoms with Crippen LogP contribution in [0.25, 0.3) is 0 Å². The van der Waals surface area contributed by atoms with E-state index in [-0.39, 0.29) is 12.8 Å². The second kappa shape index (κ2) is 5.67. The van der Waals surface area contributed by atoms with Gasteiger partial charge in [-0.1, -0.05) is 18.2 Å². The van der Waals surface area contributed by atoms with Crippen LogP contribution in [0.15, 0.2) is 48.0 Å². The van der Waals surface area contributed by atoms with E-state index in [4.69, 9.17) is 15.2 Å². The highest BCUT2D eigenvalue weighted by molar-refractivity contribution is 7.09. The van der Waals surface area contributed by atoms with Gasteiger partial charge in [-0.2, -0.15) is 0 Å². The summed E-state index contributed by atoms with van der Waals surface area (Å²) in [5, 5.41) is 0. The van der Waals surface area contributed by atoms with Crippen molar-refractivity contribution in [1.29, 1.82) is 0 Å². The first-order chi connectivity index (χ1) is 12.3. The van der Waals surface area contributed by atoms with Crippen LogP contribution in [0.3, 0.4) is 0 Å². The topological polar surface area (TPSA) is 60.6 Å². The molecule has 2 N–H and O–H groups in total. The minimum absolute atomic E-state index is 0.0674. The van der Waals surface area contributed by atoms with Crippen LogP contribution in [-0.4, -0.2) is 18.3 Å². The maximum absolute atomic E-state index is 6.32. The zero-order valence-corrected chi connectivity index (χ0v) is 14.3. The highest BCUT2D eigenvalue weighted by Gasteiger charge is 2.32. The predicted octanol–water partition coefficient (Wildman–Crippen LogP) is 3.61. The Morgan fingerprint density at radius 1 is 1.12 bits per heavy atom. The third-order valence-corrected chi connectivity index (χ3v) is 5.72. The van der Waals surface area contributed by atoms with Crippen LogP contribution in [0.4, 0.5) is 11.4 Å². The Kier molecular flexibility index (Phi) is 3.31. The highest BCUT2D eigenvalue weighted by atomic mass is 32.1. The van der Waals surface area contributed by atoms with Crippen molar-refractivity contribution in [2.24, 2.45) is 0 Å². The normalized spacial score (nSPS) is 18.2. The molecular formula is C19H17N3O2S. The molecule has 1 aromatic heterocycles. The van der Waals surface area contributed by atoms with Gasteiger partial charge in [0.05, 0.1) is 22.1 Å². The molecule has 25 heavy (non-hydrogen) atoms. The van der Waals surface area contributed by atoms with Gasteiger partial charge in [0.2, 0.25) is 6.79 Å². The molecule has 2 aliphatic rings. The van der Waals surface area contributed by atoms with Crippen molar-refractivity contribution in [3.05, 3.63) is 64.1 Å². The third-order valence-electron chi connectivity index (χ3n) is 4.80. The fraction of sp³-hybridized carbons (Fsp3) is 0.211. The second-order valence-electron chi connectivity index (χ2n) is 6.18. The van der Waals surface area contributed by atoms with Gasteiger partial charge in [-0.25, -0.2) is 4.98 Å². The van der Waals surface area contributed by atoms with E-state index in [9.17, 15) is 0 Å². The molecule has 0 saturated carbocycles. The van der Waals surface area contributed by atoms with Gasteiger partial charge in [0.1, 0.15) is 0 Å². The number of thiazole rings is 1. The standard InChI is InChI=1S/C19H17N3O2S/c20-14-4-2-1-3-13(14)18-19-15(21-10-25-19)7-8-22(18)12-5-6-16-17(9-12)24-11-23-16/h1-6,9-10,18H,7-8,11,20H2. The smallest absolute Gasteiger partial charge is 0.231 e. The van der Waals surface area contributed by atoms with Crippen molar-refractivity contribution in [1.82, 2.24) is 4.98 Å². The number of anilines is 2. The number of benzene rings is 2. The van der Waals surface area contributed by atoms with Gasteiger partial charge in [0.25, 0.3) is 0 Å². The van der Waals surface area contributed by atoms with Crippen molar-refractivity contribution in [3.63, 3.8) is 0 Å². The van der Waals surface area contributed by atoms with Gasteiger partial charge in [-0.3, -0.25) is 0 Å². The van der Waals surface area contributed by atoms with Crippen molar-refractivity contribution < 1.29 is 9.47 Å². The fourth-order valence-electron chi connectivity index (χ4n) is 3.60. The maximum atomic E-state index is 6.32. The van der Waals surface area contributed by atoms with Crippen LogP contribution >= 0.6 is 11.3 Å². The number of fused-ring (bicyclic) bond motifs is 2. The number of para-hydroxylation sites is 1. The summed E-state index contributed by atoms with van der Waals surface area (Å²) in [6.07, 6.45) is 0.927. The van der Waals surface area contributed by atoms with E-state index in [0.717, 1.165) is 41.4 Å². The zero-order valence-electron chi connectivity index (χ0n) is 13.5. The zero-order chi connectivity index (χ0) is 16.8. The first-order valence-electron chi connectivity index (χ1n) is 8.24. The van der Waals surface area contributed by atoms with Crippen molar-refractivity contribution in [2.45, 2.75) is 12.5 Å². The molecule has 0 fully saturated rings. The van der Waals surface area contributed by atoms with E-state index in [1.807, 2.05) is 29.8 Å². The van der Waals surface area contributed by atoms with E-state index in [0.29, 0.717) is 0 Å². The quantitative estimate of drug-likeness (QED) is 0.715. The molecule has 2 aromatic carbocycles. The Morgan fingerprint density at radius 3 is 2.92 bits per heavy atom. The van der Waals surface area contributed by atoms with Gasteiger partial charge < -0.3 is 20.1 Å².